The summed E-state index contributed by atoms with van der Waals surface area (Å²) >= 11 is 1.63. The van der Waals surface area contributed by atoms with Crippen molar-refractivity contribution in [3.05, 3.63) is 44.6 Å². The van der Waals surface area contributed by atoms with Gasteiger partial charge >= 0.3 is 0 Å². The van der Waals surface area contributed by atoms with E-state index in [1.54, 1.807) is 35.2 Å². The van der Waals surface area contributed by atoms with Crippen molar-refractivity contribution >= 4 is 27.5 Å². The van der Waals surface area contributed by atoms with Gasteiger partial charge < -0.3 is 0 Å². The number of amides is 1. The Morgan fingerprint density at radius 1 is 1.38 bits per heavy atom. The molecule has 29 heavy (non-hydrogen) atoms. The molecule has 7 nitrogen and oxygen atoms in total. The quantitative estimate of drug-likeness (QED) is 0.712. The fraction of sp³-hybridized carbons (Fsp3) is 0.524. The number of nitrogens with one attached hydrogen (secondary N) is 1. The van der Waals surface area contributed by atoms with E-state index in [1.165, 1.54) is 9.55 Å². The van der Waals surface area contributed by atoms with E-state index in [2.05, 4.69) is 36.3 Å². The van der Waals surface area contributed by atoms with Gasteiger partial charge in [-0.05, 0) is 56.1 Å². The number of thiophene rings is 1. The molecule has 0 saturated carbocycles. The molecule has 0 saturated heterocycles. The van der Waals surface area contributed by atoms with E-state index in [4.69, 9.17) is 0 Å². The summed E-state index contributed by atoms with van der Waals surface area (Å²) in [5.41, 5.74) is 4.11. The number of carbonyl (C=O) groups is 1. The van der Waals surface area contributed by atoms with Gasteiger partial charge in [0.25, 0.3) is 11.5 Å². The van der Waals surface area contributed by atoms with Gasteiger partial charge in [-0.1, -0.05) is 20.8 Å². The van der Waals surface area contributed by atoms with E-state index in [1.807, 2.05) is 6.92 Å². The summed E-state index contributed by atoms with van der Waals surface area (Å²) < 4.78 is 2.94. The van der Waals surface area contributed by atoms with Crippen molar-refractivity contribution < 1.29 is 4.79 Å². The highest BCUT2D eigenvalue weighted by Crippen LogP contribution is 2.42. The first kappa shape index (κ1) is 19.8. The molecule has 1 N–H and O–H groups in total. The molecule has 4 rings (SSSR count). The highest BCUT2D eigenvalue weighted by atomic mass is 32.1. The van der Waals surface area contributed by atoms with Crippen LogP contribution in [0.3, 0.4) is 0 Å². The van der Waals surface area contributed by atoms with Gasteiger partial charge in [-0.15, -0.1) is 11.3 Å². The minimum absolute atomic E-state index is 0.206. The van der Waals surface area contributed by atoms with Crippen LogP contribution in [-0.2, 0) is 19.4 Å². The van der Waals surface area contributed by atoms with Crippen molar-refractivity contribution in [1.82, 2.24) is 19.4 Å². The molecule has 154 valence electrons. The molecule has 8 heteroatoms. The molecule has 0 fully saturated rings. The normalized spacial score (nSPS) is 16.8. The first-order valence-corrected chi connectivity index (χ1v) is 10.9. The summed E-state index contributed by atoms with van der Waals surface area (Å²) in [6, 6.07) is 1.64. The monoisotopic (exact) mass is 413 g/mol. The fourth-order valence-corrected chi connectivity index (χ4v) is 5.35. The maximum absolute atomic E-state index is 13.3. The number of aryl methyl sites for hydroxylation is 3. The lowest BCUT2D eigenvalue weighted by Gasteiger charge is -2.33. The van der Waals surface area contributed by atoms with Crippen LogP contribution in [0, 0.1) is 18.3 Å². The summed E-state index contributed by atoms with van der Waals surface area (Å²) in [6.45, 7) is 11.2. The van der Waals surface area contributed by atoms with Crippen molar-refractivity contribution in [2.75, 3.05) is 5.43 Å². The lowest BCUT2D eigenvalue weighted by Crippen LogP contribution is -2.36. The molecule has 0 spiro atoms. The summed E-state index contributed by atoms with van der Waals surface area (Å²) in [5, 5.41) is 4.86. The SMILES string of the molecule is CCn1ccc(C(=O)Nn2c(C)nc3sc4c(c3c2=O)CC[C@@H](C(C)(C)C)C4)n1. The van der Waals surface area contributed by atoms with Crippen molar-refractivity contribution in [3.63, 3.8) is 0 Å². The second kappa shape index (κ2) is 7.09. The topological polar surface area (TPSA) is 81.8 Å². The zero-order chi connectivity index (χ0) is 20.9. The summed E-state index contributed by atoms with van der Waals surface area (Å²) in [7, 11) is 0. The average molecular weight is 414 g/mol. The minimum Gasteiger partial charge on any atom is -0.272 e. The van der Waals surface area contributed by atoms with Crippen molar-refractivity contribution in [2.24, 2.45) is 11.3 Å². The van der Waals surface area contributed by atoms with Gasteiger partial charge in [0, 0.05) is 17.6 Å². The van der Waals surface area contributed by atoms with E-state index < -0.39 is 5.91 Å². The Hall–Kier alpha value is -2.48. The third kappa shape index (κ3) is 3.50. The van der Waals surface area contributed by atoms with E-state index in [0.717, 1.165) is 29.7 Å². The molecule has 0 unspecified atom stereocenters. The Bertz CT molecular complexity index is 1150. The molecule has 3 heterocycles. The number of nitrogens with zero attached hydrogens (tertiary/aromatic N) is 4. The summed E-state index contributed by atoms with van der Waals surface area (Å²) in [6.07, 6.45) is 4.68. The molecule has 1 aliphatic rings. The zero-order valence-corrected chi connectivity index (χ0v) is 18.4. The van der Waals surface area contributed by atoms with Crippen LogP contribution < -0.4 is 11.0 Å². The minimum atomic E-state index is -0.416. The van der Waals surface area contributed by atoms with Gasteiger partial charge in [0.05, 0.1) is 5.39 Å². The average Bonchev–Trinajstić information content (AvgIpc) is 3.27. The van der Waals surface area contributed by atoms with Crippen molar-refractivity contribution in [1.29, 1.82) is 0 Å². The number of aromatic nitrogens is 4. The highest BCUT2D eigenvalue weighted by molar-refractivity contribution is 7.18. The Morgan fingerprint density at radius 2 is 2.14 bits per heavy atom. The van der Waals surface area contributed by atoms with Crippen LogP contribution in [0.1, 0.15) is 60.9 Å². The third-order valence-corrected chi connectivity index (χ3v) is 7.03. The van der Waals surface area contributed by atoms with E-state index in [9.17, 15) is 9.59 Å². The van der Waals surface area contributed by atoms with Crippen LogP contribution in [0.15, 0.2) is 17.1 Å². The first-order chi connectivity index (χ1) is 13.7. The molecule has 3 aromatic heterocycles. The molecule has 0 bridgehead atoms. The standard InChI is InChI=1S/C21H27N5O2S/c1-6-25-10-9-15(23-25)18(27)24-26-12(2)22-19-17(20(26)28)14-8-7-13(21(3,4)5)11-16(14)29-19/h9-10,13H,6-8,11H2,1-5H3,(H,24,27)/t13-/m1/s1. The van der Waals surface area contributed by atoms with Crippen molar-refractivity contribution in [3.8, 4) is 0 Å². The van der Waals surface area contributed by atoms with Crippen LogP contribution >= 0.6 is 11.3 Å². The Labute approximate surface area is 173 Å². The van der Waals surface area contributed by atoms with Gasteiger partial charge in [0.1, 0.15) is 10.7 Å². The van der Waals surface area contributed by atoms with Crippen LogP contribution in [0.5, 0.6) is 0 Å². The summed E-state index contributed by atoms with van der Waals surface area (Å²) in [4.78, 5) is 32.5. The molecular weight excluding hydrogens is 386 g/mol. The number of carbonyl (C=O) groups excluding carboxylic acids is 1. The zero-order valence-electron chi connectivity index (χ0n) is 17.6. The molecular formula is C21H27N5O2S. The van der Waals surface area contributed by atoms with Crippen molar-refractivity contribution in [2.45, 2.75) is 60.4 Å². The molecule has 1 aliphatic carbocycles. The molecule has 0 aromatic carbocycles. The number of hydrogen-bond donors (Lipinski definition) is 1. The van der Waals surface area contributed by atoms with Crippen LogP contribution in [0.2, 0.25) is 0 Å². The van der Waals surface area contributed by atoms with Crippen LogP contribution in [0.25, 0.3) is 10.2 Å². The number of fused-ring (bicyclic) bond motifs is 3. The van der Waals surface area contributed by atoms with Gasteiger partial charge in [-0.25, -0.2) is 9.66 Å². The highest BCUT2D eigenvalue weighted by Gasteiger charge is 2.32. The molecule has 0 radical (unpaired) electrons. The van der Waals surface area contributed by atoms with Gasteiger partial charge in [0.15, 0.2) is 5.69 Å². The lowest BCUT2D eigenvalue weighted by molar-refractivity contribution is 0.100. The van der Waals surface area contributed by atoms with E-state index in [0.29, 0.717) is 23.7 Å². The van der Waals surface area contributed by atoms with Gasteiger partial charge in [-0.2, -0.15) is 5.10 Å². The maximum atomic E-state index is 13.3. The maximum Gasteiger partial charge on any atom is 0.290 e. The van der Waals surface area contributed by atoms with Gasteiger partial charge in [0.2, 0.25) is 0 Å². The molecule has 1 amide bonds. The largest absolute Gasteiger partial charge is 0.290 e. The fourth-order valence-electron chi connectivity index (χ4n) is 4.02. The third-order valence-electron chi connectivity index (χ3n) is 5.89. The Balaban J connectivity index is 1.72. The Morgan fingerprint density at radius 3 is 2.79 bits per heavy atom. The molecule has 0 aliphatic heterocycles. The van der Waals surface area contributed by atoms with Crippen LogP contribution in [0.4, 0.5) is 0 Å². The predicted octanol–water partition coefficient (Wildman–Crippen LogP) is 3.52. The van der Waals surface area contributed by atoms with Crippen LogP contribution in [-0.4, -0.2) is 25.3 Å². The number of hydrogen-bond acceptors (Lipinski definition) is 5. The van der Waals surface area contributed by atoms with Gasteiger partial charge in [-0.3, -0.25) is 19.7 Å². The van der Waals surface area contributed by atoms with E-state index >= 15 is 0 Å². The summed E-state index contributed by atoms with van der Waals surface area (Å²) in [5.74, 6) is 0.650. The smallest absolute Gasteiger partial charge is 0.272 e. The second-order valence-corrected chi connectivity index (χ2v) is 9.87. The second-order valence-electron chi connectivity index (χ2n) is 8.79. The predicted molar refractivity (Wildman–Crippen MR) is 115 cm³/mol. The lowest BCUT2D eigenvalue weighted by atomic mass is 9.72. The molecule has 3 aromatic rings. The Kier molecular flexibility index (Phi) is 4.85. The first-order valence-electron chi connectivity index (χ1n) is 10.1. The number of rotatable bonds is 3. The molecule has 1 atom stereocenters. The van der Waals surface area contributed by atoms with E-state index in [-0.39, 0.29) is 16.7 Å².